The summed E-state index contributed by atoms with van der Waals surface area (Å²) in [5.74, 6) is 0.568. The van der Waals surface area contributed by atoms with E-state index in [1.54, 1.807) is 0 Å². The van der Waals surface area contributed by atoms with Gasteiger partial charge in [-0.05, 0) is 23.6 Å². The van der Waals surface area contributed by atoms with Crippen molar-refractivity contribution < 1.29 is 0 Å². The van der Waals surface area contributed by atoms with Crippen LogP contribution >= 0.6 is 11.6 Å². The molecule has 0 aliphatic rings. The van der Waals surface area contributed by atoms with Gasteiger partial charge in [0.2, 0.25) is 0 Å². The van der Waals surface area contributed by atoms with E-state index in [0.29, 0.717) is 5.92 Å². The first-order valence-electron chi connectivity index (χ1n) is 3.45. The van der Waals surface area contributed by atoms with Gasteiger partial charge in [-0.2, -0.15) is 0 Å². The van der Waals surface area contributed by atoms with E-state index < -0.39 is 0 Å². The maximum Gasteiger partial charge on any atom is 0.0408 e. The molecule has 0 heterocycles. The highest BCUT2D eigenvalue weighted by Crippen LogP contribution is 2.17. The van der Waals surface area contributed by atoms with Gasteiger partial charge in [0.05, 0.1) is 0 Å². The molecule has 0 saturated heterocycles. The SMILES string of the molecule is C.CC(C)c1cccc(Cl)c1. The van der Waals surface area contributed by atoms with E-state index in [-0.39, 0.29) is 7.43 Å². The maximum atomic E-state index is 5.79. The zero-order valence-corrected chi connectivity index (χ0v) is 7.02. The van der Waals surface area contributed by atoms with Gasteiger partial charge in [-0.15, -0.1) is 0 Å². The highest BCUT2D eigenvalue weighted by atomic mass is 35.5. The van der Waals surface area contributed by atoms with Gasteiger partial charge in [0.1, 0.15) is 0 Å². The molecule has 0 amide bonds. The quantitative estimate of drug-likeness (QED) is 0.596. The molecule has 0 aliphatic carbocycles. The minimum absolute atomic E-state index is 0. The number of rotatable bonds is 1. The molecule has 0 nitrogen and oxygen atoms in total. The van der Waals surface area contributed by atoms with Crippen LogP contribution in [0, 0.1) is 0 Å². The third kappa shape index (κ3) is 2.94. The molecule has 0 atom stereocenters. The molecule has 1 rings (SSSR count). The fraction of sp³-hybridized carbons (Fsp3) is 0.400. The van der Waals surface area contributed by atoms with E-state index in [1.807, 2.05) is 18.2 Å². The molecule has 0 bridgehead atoms. The van der Waals surface area contributed by atoms with Crippen LogP contribution in [0.2, 0.25) is 5.02 Å². The molecule has 0 aliphatic heterocycles. The smallest absolute Gasteiger partial charge is 0.0408 e. The van der Waals surface area contributed by atoms with Gasteiger partial charge in [-0.1, -0.05) is 45.0 Å². The average molecular weight is 171 g/mol. The molecule has 1 aromatic carbocycles. The second-order valence-electron chi connectivity index (χ2n) is 2.71. The molecule has 0 aromatic heterocycles. The molecule has 1 aromatic rings. The first-order valence-corrected chi connectivity index (χ1v) is 3.83. The summed E-state index contributed by atoms with van der Waals surface area (Å²) in [5.41, 5.74) is 1.30. The van der Waals surface area contributed by atoms with Crippen molar-refractivity contribution in [3.63, 3.8) is 0 Å². The standard InChI is InChI=1S/C9H11Cl.CH4/c1-7(2)8-4-3-5-9(10)6-8;/h3-7H,1-2H3;1H4. The molecule has 0 spiro atoms. The van der Waals surface area contributed by atoms with Crippen LogP contribution in [-0.4, -0.2) is 0 Å². The predicted octanol–water partition coefficient (Wildman–Crippen LogP) is 4.10. The van der Waals surface area contributed by atoms with Gasteiger partial charge in [-0.25, -0.2) is 0 Å². The van der Waals surface area contributed by atoms with E-state index in [9.17, 15) is 0 Å². The van der Waals surface area contributed by atoms with Crippen LogP contribution in [0.3, 0.4) is 0 Å². The lowest BCUT2D eigenvalue weighted by atomic mass is 10.0. The summed E-state index contributed by atoms with van der Waals surface area (Å²) in [6.45, 7) is 4.32. The number of hydrogen-bond acceptors (Lipinski definition) is 0. The lowest BCUT2D eigenvalue weighted by Gasteiger charge is -2.03. The fourth-order valence-electron chi connectivity index (χ4n) is 0.866. The molecule has 0 N–H and O–H groups in total. The van der Waals surface area contributed by atoms with Crippen LogP contribution in [0.25, 0.3) is 0 Å². The van der Waals surface area contributed by atoms with E-state index in [0.717, 1.165) is 5.02 Å². The zero-order valence-electron chi connectivity index (χ0n) is 6.26. The number of benzene rings is 1. The Morgan fingerprint density at radius 2 is 1.91 bits per heavy atom. The second kappa shape index (κ2) is 4.40. The maximum absolute atomic E-state index is 5.79. The van der Waals surface area contributed by atoms with Crippen molar-refractivity contribution >= 4 is 11.6 Å². The van der Waals surface area contributed by atoms with Gasteiger partial charge in [0.15, 0.2) is 0 Å². The predicted molar refractivity (Wildman–Crippen MR) is 52.3 cm³/mol. The van der Waals surface area contributed by atoms with E-state index in [2.05, 4.69) is 19.9 Å². The van der Waals surface area contributed by atoms with Crippen LogP contribution in [0.4, 0.5) is 0 Å². The van der Waals surface area contributed by atoms with E-state index in [4.69, 9.17) is 11.6 Å². The Balaban J connectivity index is 0.000001000. The molecule has 1 heteroatoms. The first kappa shape index (κ1) is 10.5. The first-order chi connectivity index (χ1) is 4.70. The van der Waals surface area contributed by atoms with Crippen LogP contribution in [0.5, 0.6) is 0 Å². The normalized spacial score (nSPS) is 9.45. The molecule has 0 unspecified atom stereocenters. The topological polar surface area (TPSA) is 0 Å². The lowest BCUT2D eigenvalue weighted by Crippen LogP contribution is -1.84. The van der Waals surface area contributed by atoms with Gasteiger partial charge < -0.3 is 0 Å². The lowest BCUT2D eigenvalue weighted by molar-refractivity contribution is 0.867. The minimum atomic E-state index is 0. The Labute approximate surface area is 74.2 Å². The summed E-state index contributed by atoms with van der Waals surface area (Å²) >= 11 is 5.79. The third-order valence-corrected chi connectivity index (χ3v) is 1.75. The van der Waals surface area contributed by atoms with Crippen molar-refractivity contribution in [2.45, 2.75) is 27.2 Å². The van der Waals surface area contributed by atoms with Crippen molar-refractivity contribution in [1.82, 2.24) is 0 Å². The van der Waals surface area contributed by atoms with Crippen LogP contribution in [0.1, 0.15) is 32.8 Å². The summed E-state index contributed by atoms with van der Waals surface area (Å²) < 4.78 is 0. The Kier molecular flexibility index (Phi) is 4.20. The molecule has 0 radical (unpaired) electrons. The van der Waals surface area contributed by atoms with Crippen LogP contribution in [0.15, 0.2) is 24.3 Å². The summed E-state index contributed by atoms with van der Waals surface area (Å²) in [6, 6.07) is 7.98. The number of hydrogen-bond donors (Lipinski definition) is 0. The Bertz CT molecular complexity index is 216. The Morgan fingerprint density at radius 3 is 2.27 bits per heavy atom. The summed E-state index contributed by atoms with van der Waals surface area (Å²) in [5, 5.41) is 0.825. The largest absolute Gasteiger partial charge is 0.0843 e. The zero-order chi connectivity index (χ0) is 7.56. The minimum Gasteiger partial charge on any atom is -0.0843 e. The van der Waals surface area contributed by atoms with Crippen molar-refractivity contribution in [2.75, 3.05) is 0 Å². The Hall–Kier alpha value is -0.490. The molecule has 11 heavy (non-hydrogen) atoms. The van der Waals surface area contributed by atoms with Gasteiger partial charge in [-0.3, -0.25) is 0 Å². The van der Waals surface area contributed by atoms with E-state index >= 15 is 0 Å². The molecule has 0 saturated carbocycles. The van der Waals surface area contributed by atoms with Crippen molar-refractivity contribution in [3.8, 4) is 0 Å². The van der Waals surface area contributed by atoms with Gasteiger partial charge in [0.25, 0.3) is 0 Å². The third-order valence-electron chi connectivity index (χ3n) is 1.52. The highest BCUT2D eigenvalue weighted by molar-refractivity contribution is 6.30. The van der Waals surface area contributed by atoms with Crippen molar-refractivity contribution in [2.24, 2.45) is 0 Å². The molecular formula is C10H15Cl. The van der Waals surface area contributed by atoms with Gasteiger partial charge in [0, 0.05) is 5.02 Å². The van der Waals surface area contributed by atoms with E-state index in [1.165, 1.54) is 5.56 Å². The Morgan fingerprint density at radius 1 is 1.27 bits per heavy atom. The highest BCUT2D eigenvalue weighted by Gasteiger charge is 1.97. The second-order valence-corrected chi connectivity index (χ2v) is 3.15. The molecule has 62 valence electrons. The van der Waals surface area contributed by atoms with Crippen LogP contribution in [-0.2, 0) is 0 Å². The van der Waals surface area contributed by atoms with Crippen molar-refractivity contribution in [3.05, 3.63) is 34.9 Å². The molecular weight excluding hydrogens is 156 g/mol. The summed E-state index contributed by atoms with van der Waals surface area (Å²) in [6.07, 6.45) is 0. The number of halogens is 1. The van der Waals surface area contributed by atoms with Crippen LogP contribution < -0.4 is 0 Å². The fourth-order valence-corrected chi connectivity index (χ4v) is 1.06. The average Bonchev–Trinajstić information content (AvgIpc) is 1.88. The van der Waals surface area contributed by atoms with Crippen molar-refractivity contribution in [1.29, 1.82) is 0 Å². The monoisotopic (exact) mass is 170 g/mol. The van der Waals surface area contributed by atoms with Gasteiger partial charge >= 0.3 is 0 Å². The summed E-state index contributed by atoms with van der Waals surface area (Å²) in [7, 11) is 0. The summed E-state index contributed by atoms with van der Waals surface area (Å²) in [4.78, 5) is 0. The molecule has 0 fully saturated rings.